The lowest BCUT2D eigenvalue weighted by atomic mass is 10.2. The van der Waals surface area contributed by atoms with Crippen LogP contribution in [-0.2, 0) is 9.47 Å². The first-order valence-electron chi connectivity index (χ1n) is 5.66. The highest BCUT2D eigenvalue weighted by Crippen LogP contribution is 2.14. The molecule has 0 radical (unpaired) electrons. The lowest BCUT2D eigenvalue weighted by molar-refractivity contribution is -0.0313. The molecule has 1 unspecified atom stereocenters. The van der Waals surface area contributed by atoms with E-state index in [1.54, 1.807) is 4.90 Å². The number of hydrogen-bond donors (Lipinski definition) is 1. The van der Waals surface area contributed by atoms with Crippen molar-refractivity contribution in [2.24, 2.45) is 0 Å². The topological polar surface area (TPSA) is 50.8 Å². The van der Waals surface area contributed by atoms with Gasteiger partial charge in [-0.25, -0.2) is 4.79 Å². The van der Waals surface area contributed by atoms with Crippen LogP contribution in [-0.4, -0.2) is 56.0 Å². The smallest absolute Gasteiger partial charge is 0.410 e. The molecule has 1 heterocycles. The van der Waals surface area contributed by atoms with Crippen molar-refractivity contribution in [1.82, 2.24) is 10.2 Å². The Labute approximate surface area is 97.1 Å². The molecule has 0 aliphatic carbocycles. The molecule has 1 atom stereocenters. The molecule has 1 saturated heterocycles. The first-order valence-corrected chi connectivity index (χ1v) is 5.66. The Hall–Kier alpha value is -0.810. The summed E-state index contributed by atoms with van der Waals surface area (Å²) in [7, 11) is 1.86. The number of rotatable bonds is 2. The molecule has 0 aromatic heterocycles. The highest BCUT2D eigenvalue weighted by Gasteiger charge is 2.30. The van der Waals surface area contributed by atoms with Crippen LogP contribution >= 0.6 is 0 Å². The van der Waals surface area contributed by atoms with Crippen LogP contribution in [0.5, 0.6) is 0 Å². The number of likely N-dealkylation sites (N-methyl/N-ethyl adjacent to an activating group) is 1. The van der Waals surface area contributed by atoms with E-state index in [4.69, 9.17) is 9.47 Å². The monoisotopic (exact) mass is 230 g/mol. The summed E-state index contributed by atoms with van der Waals surface area (Å²) in [5.74, 6) is 0. The van der Waals surface area contributed by atoms with Crippen LogP contribution in [0.1, 0.15) is 20.8 Å². The van der Waals surface area contributed by atoms with Crippen molar-refractivity contribution >= 4 is 6.09 Å². The zero-order valence-corrected chi connectivity index (χ0v) is 10.6. The number of morpholine rings is 1. The molecule has 0 spiro atoms. The molecule has 0 aromatic carbocycles. The maximum Gasteiger partial charge on any atom is 0.410 e. The first-order chi connectivity index (χ1) is 7.44. The second-order valence-electron chi connectivity index (χ2n) is 4.96. The minimum absolute atomic E-state index is 0.0635. The molecule has 1 aliphatic rings. The van der Waals surface area contributed by atoms with Gasteiger partial charge in [-0.1, -0.05) is 0 Å². The summed E-state index contributed by atoms with van der Waals surface area (Å²) in [5.41, 5.74) is -0.445. The molecule has 1 fully saturated rings. The van der Waals surface area contributed by atoms with E-state index in [-0.39, 0.29) is 12.1 Å². The van der Waals surface area contributed by atoms with Gasteiger partial charge in [0.05, 0.1) is 19.3 Å². The molecule has 5 nitrogen and oxygen atoms in total. The maximum atomic E-state index is 11.9. The molecule has 1 rings (SSSR count). The third kappa shape index (κ3) is 3.98. The summed E-state index contributed by atoms with van der Waals surface area (Å²) < 4.78 is 10.7. The van der Waals surface area contributed by atoms with Gasteiger partial charge in [-0.2, -0.15) is 0 Å². The molecule has 1 N–H and O–H groups in total. The van der Waals surface area contributed by atoms with Crippen molar-refractivity contribution < 1.29 is 14.3 Å². The van der Waals surface area contributed by atoms with Crippen molar-refractivity contribution in [3.63, 3.8) is 0 Å². The lowest BCUT2D eigenvalue weighted by Crippen LogP contribution is -2.53. The summed E-state index contributed by atoms with van der Waals surface area (Å²) in [5, 5.41) is 3.06. The Morgan fingerprint density at radius 3 is 2.81 bits per heavy atom. The van der Waals surface area contributed by atoms with E-state index in [1.807, 2.05) is 27.8 Å². The van der Waals surface area contributed by atoms with E-state index in [0.29, 0.717) is 19.8 Å². The summed E-state index contributed by atoms with van der Waals surface area (Å²) in [6.07, 6.45) is -0.254. The average molecular weight is 230 g/mol. The van der Waals surface area contributed by atoms with Gasteiger partial charge in [0.15, 0.2) is 0 Å². The first kappa shape index (κ1) is 13.3. The van der Waals surface area contributed by atoms with E-state index in [0.717, 1.165) is 6.54 Å². The molecular weight excluding hydrogens is 208 g/mol. The third-order valence-electron chi connectivity index (χ3n) is 2.30. The molecule has 0 saturated carbocycles. The van der Waals surface area contributed by atoms with E-state index < -0.39 is 5.60 Å². The minimum atomic E-state index is -0.445. The van der Waals surface area contributed by atoms with Crippen LogP contribution in [0.15, 0.2) is 0 Å². The average Bonchev–Trinajstić information content (AvgIpc) is 2.16. The van der Waals surface area contributed by atoms with Crippen molar-refractivity contribution in [1.29, 1.82) is 0 Å². The summed E-state index contributed by atoms with van der Waals surface area (Å²) in [6.45, 7) is 8.09. The minimum Gasteiger partial charge on any atom is -0.444 e. The van der Waals surface area contributed by atoms with Gasteiger partial charge in [0.25, 0.3) is 0 Å². The van der Waals surface area contributed by atoms with Gasteiger partial charge < -0.3 is 14.8 Å². The molecule has 0 aromatic rings. The van der Waals surface area contributed by atoms with Crippen LogP contribution in [0.25, 0.3) is 0 Å². The van der Waals surface area contributed by atoms with Gasteiger partial charge in [0, 0.05) is 13.1 Å². The van der Waals surface area contributed by atoms with E-state index >= 15 is 0 Å². The molecule has 1 aliphatic heterocycles. The number of hydrogen-bond acceptors (Lipinski definition) is 4. The molecular formula is C11H22N2O3. The molecule has 5 heteroatoms. The van der Waals surface area contributed by atoms with E-state index in [2.05, 4.69) is 5.32 Å². The number of carbonyl (C=O) groups is 1. The fraction of sp³-hybridized carbons (Fsp3) is 0.909. The Kier molecular flexibility index (Phi) is 4.56. The summed E-state index contributed by atoms with van der Waals surface area (Å²) in [6, 6.07) is 0.0635. The van der Waals surface area contributed by atoms with Gasteiger partial charge in [-0.15, -0.1) is 0 Å². The fourth-order valence-electron chi connectivity index (χ4n) is 1.62. The summed E-state index contributed by atoms with van der Waals surface area (Å²) in [4.78, 5) is 13.7. The SMILES string of the molecule is CNCC1COCCN1C(=O)OC(C)(C)C. The number of ether oxygens (including phenoxy) is 2. The van der Waals surface area contributed by atoms with Crippen LogP contribution in [0.2, 0.25) is 0 Å². The zero-order valence-electron chi connectivity index (χ0n) is 10.6. The second kappa shape index (κ2) is 5.50. The van der Waals surface area contributed by atoms with Gasteiger partial charge in [-0.05, 0) is 27.8 Å². The van der Waals surface area contributed by atoms with Crippen LogP contribution in [0.3, 0.4) is 0 Å². The van der Waals surface area contributed by atoms with Crippen molar-refractivity contribution in [3.05, 3.63) is 0 Å². The van der Waals surface area contributed by atoms with Gasteiger partial charge in [-0.3, -0.25) is 4.90 Å². The fourth-order valence-corrected chi connectivity index (χ4v) is 1.62. The Balaban J connectivity index is 2.57. The number of nitrogens with zero attached hydrogens (tertiary/aromatic N) is 1. The predicted molar refractivity (Wildman–Crippen MR) is 61.5 cm³/mol. The van der Waals surface area contributed by atoms with Gasteiger partial charge in [0.2, 0.25) is 0 Å². The normalized spacial score (nSPS) is 22.0. The van der Waals surface area contributed by atoms with Crippen LogP contribution in [0.4, 0.5) is 4.79 Å². The van der Waals surface area contributed by atoms with E-state index in [1.165, 1.54) is 0 Å². The van der Waals surface area contributed by atoms with Crippen LogP contribution < -0.4 is 5.32 Å². The molecule has 94 valence electrons. The van der Waals surface area contributed by atoms with Crippen molar-refractivity contribution in [3.8, 4) is 0 Å². The third-order valence-corrected chi connectivity index (χ3v) is 2.30. The predicted octanol–water partition coefficient (Wildman–Crippen LogP) is 0.842. The van der Waals surface area contributed by atoms with Gasteiger partial charge in [0.1, 0.15) is 5.60 Å². The maximum absolute atomic E-state index is 11.9. The highest BCUT2D eigenvalue weighted by atomic mass is 16.6. The number of carbonyl (C=O) groups excluding carboxylic acids is 1. The van der Waals surface area contributed by atoms with Gasteiger partial charge >= 0.3 is 6.09 Å². The largest absolute Gasteiger partial charge is 0.444 e. The molecule has 1 amide bonds. The Bertz CT molecular complexity index is 236. The highest BCUT2D eigenvalue weighted by molar-refractivity contribution is 5.68. The Morgan fingerprint density at radius 2 is 2.25 bits per heavy atom. The lowest BCUT2D eigenvalue weighted by Gasteiger charge is -2.36. The Morgan fingerprint density at radius 1 is 1.56 bits per heavy atom. The van der Waals surface area contributed by atoms with Crippen molar-refractivity contribution in [2.75, 3.05) is 33.4 Å². The second-order valence-corrected chi connectivity index (χ2v) is 4.96. The van der Waals surface area contributed by atoms with Crippen LogP contribution in [0, 0.1) is 0 Å². The van der Waals surface area contributed by atoms with Crippen molar-refractivity contribution in [2.45, 2.75) is 32.4 Å². The number of nitrogens with one attached hydrogen (secondary N) is 1. The quantitative estimate of drug-likeness (QED) is 0.764. The summed E-state index contributed by atoms with van der Waals surface area (Å²) >= 11 is 0. The standard InChI is InChI=1S/C11H22N2O3/c1-11(2,3)16-10(14)13-5-6-15-8-9(13)7-12-4/h9,12H,5-8H2,1-4H3. The molecule has 16 heavy (non-hydrogen) atoms. The molecule has 0 bridgehead atoms. The zero-order chi connectivity index (χ0) is 12.2. The number of amides is 1. The van der Waals surface area contributed by atoms with E-state index in [9.17, 15) is 4.79 Å².